The Labute approximate surface area is 119 Å². The van der Waals surface area contributed by atoms with Gasteiger partial charge in [0.2, 0.25) is 0 Å². The molecular weight excluding hydrogens is 260 g/mol. The smallest absolute Gasteiger partial charge is 0.261 e. The number of carbonyl (C=O) groups excluding carboxylic acids is 1. The lowest BCUT2D eigenvalue weighted by atomic mass is 9.86. The van der Waals surface area contributed by atoms with E-state index in [1.165, 1.54) is 11.3 Å². The SMILES string of the molecule is CC(NCCCNC(=O)c1cccs1)C(C)(C)CO. The Morgan fingerprint density at radius 3 is 2.79 bits per heavy atom. The van der Waals surface area contributed by atoms with Crippen LogP contribution in [0, 0.1) is 5.41 Å². The number of aliphatic hydroxyl groups is 1. The van der Waals surface area contributed by atoms with E-state index >= 15 is 0 Å². The first-order chi connectivity index (χ1) is 8.97. The van der Waals surface area contributed by atoms with Crippen molar-refractivity contribution in [1.29, 1.82) is 0 Å². The molecule has 0 saturated heterocycles. The summed E-state index contributed by atoms with van der Waals surface area (Å²) in [6.07, 6.45) is 0.878. The minimum absolute atomic E-state index is 0.00117. The van der Waals surface area contributed by atoms with Gasteiger partial charge in [-0.15, -0.1) is 11.3 Å². The number of amides is 1. The molecule has 0 bridgehead atoms. The van der Waals surface area contributed by atoms with Crippen LogP contribution in [0.2, 0.25) is 0 Å². The molecule has 1 rings (SSSR count). The zero-order chi connectivity index (χ0) is 14.3. The van der Waals surface area contributed by atoms with E-state index in [9.17, 15) is 9.90 Å². The van der Waals surface area contributed by atoms with Crippen LogP contribution in [0.15, 0.2) is 17.5 Å². The summed E-state index contributed by atoms with van der Waals surface area (Å²) in [5.41, 5.74) is -0.125. The number of aliphatic hydroxyl groups excluding tert-OH is 1. The lowest BCUT2D eigenvalue weighted by Crippen LogP contribution is -2.42. The van der Waals surface area contributed by atoms with Crippen molar-refractivity contribution in [3.05, 3.63) is 22.4 Å². The zero-order valence-corrected chi connectivity index (χ0v) is 12.7. The van der Waals surface area contributed by atoms with Crippen molar-refractivity contribution >= 4 is 17.2 Å². The summed E-state index contributed by atoms with van der Waals surface area (Å²) < 4.78 is 0. The van der Waals surface area contributed by atoms with Crippen molar-refractivity contribution < 1.29 is 9.90 Å². The first-order valence-corrected chi connectivity index (χ1v) is 7.51. The van der Waals surface area contributed by atoms with Crippen LogP contribution in [0.5, 0.6) is 0 Å². The van der Waals surface area contributed by atoms with Crippen LogP contribution in [0.25, 0.3) is 0 Å². The average molecular weight is 284 g/mol. The van der Waals surface area contributed by atoms with Crippen molar-refractivity contribution in [2.24, 2.45) is 5.41 Å². The van der Waals surface area contributed by atoms with Gasteiger partial charge in [-0.05, 0) is 31.3 Å². The summed E-state index contributed by atoms with van der Waals surface area (Å²) in [5, 5.41) is 17.4. The van der Waals surface area contributed by atoms with Crippen LogP contribution in [-0.2, 0) is 0 Å². The van der Waals surface area contributed by atoms with Gasteiger partial charge in [-0.3, -0.25) is 4.79 Å². The molecule has 1 aromatic rings. The number of nitrogens with one attached hydrogen (secondary N) is 2. The molecule has 0 aliphatic rings. The highest BCUT2D eigenvalue weighted by molar-refractivity contribution is 7.12. The Morgan fingerprint density at radius 1 is 1.47 bits per heavy atom. The summed E-state index contributed by atoms with van der Waals surface area (Å²) in [6, 6.07) is 3.94. The fourth-order valence-corrected chi connectivity index (χ4v) is 2.16. The molecule has 1 aromatic heterocycles. The van der Waals surface area contributed by atoms with Crippen molar-refractivity contribution in [3.63, 3.8) is 0 Å². The lowest BCUT2D eigenvalue weighted by molar-refractivity contribution is 0.0956. The molecule has 0 radical (unpaired) electrons. The van der Waals surface area contributed by atoms with Gasteiger partial charge in [0.05, 0.1) is 4.88 Å². The van der Waals surface area contributed by atoms with Crippen LogP contribution in [0.4, 0.5) is 0 Å². The minimum Gasteiger partial charge on any atom is -0.396 e. The van der Waals surface area contributed by atoms with Gasteiger partial charge in [0.1, 0.15) is 0 Å². The molecule has 4 nitrogen and oxygen atoms in total. The number of hydrogen-bond acceptors (Lipinski definition) is 4. The molecule has 1 heterocycles. The fraction of sp³-hybridized carbons (Fsp3) is 0.643. The molecule has 0 aromatic carbocycles. The maximum Gasteiger partial charge on any atom is 0.261 e. The van der Waals surface area contributed by atoms with Crippen LogP contribution in [0.3, 0.4) is 0 Å². The van der Waals surface area contributed by atoms with Crippen LogP contribution in [0.1, 0.15) is 36.9 Å². The number of carbonyl (C=O) groups is 1. The molecule has 0 saturated carbocycles. The highest BCUT2D eigenvalue weighted by Gasteiger charge is 2.23. The number of rotatable bonds is 8. The predicted molar refractivity (Wildman–Crippen MR) is 79.6 cm³/mol. The molecule has 0 spiro atoms. The highest BCUT2D eigenvalue weighted by atomic mass is 32.1. The van der Waals surface area contributed by atoms with Gasteiger partial charge in [0.15, 0.2) is 0 Å². The van der Waals surface area contributed by atoms with E-state index in [2.05, 4.69) is 17.6 Å². The fourth-order valence-electron chi connectivity index (χ4n) is 1.52. The molecule has 0 fully saturated rings. The van der Waals surface area contributed by atoms with E-state index in [1.807, 2.05) is 31.4 Å². The molecule has 3 N–H and O–H groups in total. The van der Waals surface area contributed by atoms with Gasteiger partial charge in [0.25, 0.3) is 5.91 Å². The monoisotopic (exact) mass is 284 g/mol. The maximum absolute atomic E-state index is 11.7. The standard InChI is InChI=1S/C14H24N2O2S/c1-11(14(2,3)10-17)15-7-5-8-16-13(18)12-6-4-9-19-12/h4,6,9,11,15,17H,5,7-8,10H2,1-3H3,(H,16,18). The third-order valence-electron chi connectivity index (χ3n) is 3.41. The van der Waals surface area contributed by atoms with E-state index < -0.39 is 0 Å². The zero-order valence-electron chi connectivity index (χ0n) is 11.9. The van der Waals surface area contributed by atoms with Crippen molar-refractivity contribution in [3.8, 4) is 0 Å². The molecule has 0 aliphatic carbocycles. The van der Waals surface area contributed by atoms with E-state index in [0.717, 1.165) is 17.8 Å². The molecule has 1 unspecified atom stereocenters. The summed E-state index contributed by atoms with van der Waals surface area (Å²) in [4.78, 5) is 12.4. The van der Waals surface area contributed by atoms with E-state index in [4.69, 9.17) is 0 Å². The Hall–Kier alpha value is -0.910. The molecule has 0 aliphatic heterocycles. The van der Waals surface area contributed by atoms with Crippen LogP contribution >= 0.6 is 11.3 Å². The van der Waals surface area contributed by atoms with Crippen molar-refractivity contribution in [1.82, 2.24) is 10.6 Å². The van der Waals surface area contributed by atoms with Gasteiger partial charge in [-0.25, -0.2) is 0 Å². The maximum atomic E-state index is 11.7. The van der Waals surface area contributed by atoms with Gasteiger partial charge < -0.3 is 15.7 Å². The second kappa shape index (κ2) is 7.62. The lowest BCUT2D eigenvalue weighted by Gasteiger charge is -2.30. The first-order valence-electron chi connectivity index (χ1n) is 6.63. The Kier molecular flexibility index (Phi) is 6.48. The highest BCUT2D eigenvalue weighted by Crippen LogP contribution is 2.18. The summed E-state index contributed by atoms with van der Waals surface area (Å²) >= 11 is 1.45. The number of thiophene rings is 1. The van der Waals surface area contributed by atoms with E-state index in [0.29, 0.717) is 6.54 Å². The molecule has 1 atom stereocenters. The number of hydrogen-bond donors (Lipinski definition) is 3. The Bertz CT molecular complexity index is 377. The van der Waals surface area contributed by atoms with Crippen LogP contribution < -0.4 is 10.6 Å². The van der Waals surface area contributed by atoms with E-state index in [-0.39, 0.29) is 24.0 Å². The molecule has 1 amide bonds. The third-order valence-corrected chi connectivity index (χ3v) is 4.28. The summed E-state index contributed by atoms with van der Waals surface area (Å²) in [6.45, 7) is 7.79. The second-order valence-electron chi connectivity index (χ2n) is 5.41. The molecule has 5 heteroatoms. The average Bonchev–Trinajstić information content (AvgIpc) is 2.91. The van der Waals surface area contributed by atoms with Crippen LogP contribution in [-0.4, -0.2) is 36.8 Å². The topological polar surface area (TPSA) is 61.4 Å². The third kappa shape index (κ3) is 5.30. The Morgan fingerprint density at radius 2 is 2.21 bits per heavy atom. The first kappa shape index (κ1) is 16.1. The summed E-state index contributed by atoms with van der Waals surface area (Å²) in [5.74, 6) is -0.00117. The summed E-state index contributed by atoms with van der Waals surface area (Å²) in [7, 11) is 0. The quantitative estimate of drug-likeness (QED) is 0.639. The molecular formula is C14H24N2O2S. The van der Waals surface area contributed by atoms with Gasteiger partial charge >= 0.3 is 0 Å². The minimum atomic E-state index is -0.125. The molecule has 19 heavy (non-hydrogen) atoms. The van der Waals surface area contributed by atoms with Gasteiger partial charge in [-0.2, -0.15) is 0 Å². The molecule has 108 valence electrons. The normalized spacial score (nSPS) is 13.3. The van der Waals surface area contributed by atoms with Crippen molar-refractivity contribution in [2.75, 3.05) is 19.7 Å². The van der Waals surface area contributed by atoms with Crippen molar-refractivity contribution in [2.45, 2.75) is 33.2 Å². The second-order valence-corrected chi connectivity index (χ2v) is 6.36. The predicted octanol–water partition coefficient (Wildman–Crippen LogP) is 1.86. The Balaban J connectivity index is 2.13. The largest absolute Gasteiger partial charge is 0.396 e. The van der Waals surface area contributed by atoms with Gasteiger partial charge in [-0.1, -0.05) is 19.9 Å². The van der Waals surface area contributed by atoms with Gasteiger partial charge in [0, 0.05) is 24.6 Å². The van der Waals surface area contributed by atoms with E-state index in [1.54, 1.807) is 0 Å².